The summed E-state index contributed by atoms with van der Waals surface area (Å²) in [4.78, 5) is 0. The minimum absolute atomic E-state index is 0.168. The van der Waals surface area contributed by atoms with E-state index in [1.165, 1.54) is 0 Å². The van der Waals surface area contributed by atoms with Crippen molar-refractivity contribution in [2.75, 3.05) is 0 Å². The summed E-state index contributed by atoms with van der Waals surface area (Å²) < 4.78 is 79.1. The molecule has 0 atom stereocenters. The van der Waals surface area contributed by atoms with E-state index in [1.807, 2.05) is 78.9 Å². The Balaban J connectivity index is 1.36. The van der Waals surface area contributed by atoms with Crippen LogP contribution in [0, 0.1) is 0 Å². The van der Waals surface area contributed by atoms with Crippen LogP contribution in [-0.2, 0) is 0 Å². The standard InChI is InChI=1S/C46H28O/c1-2-13-33-29(11-1)23-26-31-12-9-19-34(43(31)33)30-24-27-32(28-25-30)44-35-14-3-5-16-37(35)45(38-17-6-4-15-36(38)44)40-20-10-22-42-46(40)39-18-7-8-21-41(39)47-42/h1-28H/i3D,4D,5D,6D,14D,15D,16D,17D. The smallest absolute Gasteiger partial charge is 0.136 e. The molecule has 1 heteroatoms. The van der Waals surface area contributed by atoms with E-state index in [1.54, 1.807) is 6.07 Å². The fourth-order valence-corrected chi connectivity index (χ4v) is 7.28. The molecule has 0 radical (unpaired) electrons. The van der Waals surface area contributed by atoms with Gasteiger partial charge in [0.25, 0.3) is 0 Å². The lowest BCUT2D eigenvalue weighted by atomic mass is 9.84. The Morgan fingerprint density at radius 2 is 0.915 bits per heavy atom. The Morgan fingerprint density at radius 1 is 0.362 bits per heavy atom. The molecule has 1 heterocycles. The van der Waals surface area contributed by atoms with E-state index >= 15 is 0 Å². The molecule has 47 heavy (non-hydrogen) atoms. The van der Waals surface area contributed by atoms with Gasteiger partial charge in [-0.25, -0.2) is 0 Å². The van der Waals surface area contributed by atoms with Crippen molar-refractivity contribution >= 4 is 65.0 Å². The second-order valence-corrected chi connectivity index (χ2v) is 11.8. The van der Waals surface area contributed by atoms with Gasteiger partial charge in [-0.1, -0.05) is 158 Å². The highest BCUT2D eigenvalue weighted by molar-refractivity contribution is 6.25. The van der Waals surface area contributed by atoms with E-state index in [0.29, 0.717) is 38.8 Å². The number of rotatable bonds is 3. The molecule has 1 nitrogen and oxygen atoms in total. The fourth-order valence-electron chi connectivity index (χ4n) is 7.28. The van der Waals surface area contributed by atoms with Crippen molar-refractivity contribution in [1.82, 2.24) is 0 Å². The molecular weight excluding hydrogens is 569 g/mol. The molecule has 10 rings (SSSR count). The SMILES string of the molecule is [2H]c1c([2H])c([2H])c2c(-c3cccc4oc5ccccc5c34)c3c([2H])c([2H])c([2H])c([2H])c3c(-c3ccc(-c4cccc5ccc6ccccc6c45)cc3)c2c1[2H]. The lowest BCUT2D eigenvalue weighted by molar-refractivity contribution is 0.669. The third-order valence-corrected chi connectivity index (χ3v) is 9.30. The topological polar surface area (TPSA) is 13.1 Å². The quantitative estimate of drug-likeness (QED) is 0.144. The van der Waals surface area contributed by atoms with E-state index in [2.05, 4.69) is 36.4 Å². The van der Waals surface area contributed by atoms with Gasteiger partial charge in [-0.05, 0) is 88.6 Å². The molecule has 0 saturated carbocycles. The van der Waals surface area contributed by atoms with Gasteiger partial charge in [0.15, 0.2) is 0 Å². The average molecular weight is 605 g/mol. The maximum Gasteiger partial charge on any atom is 0.136 e. The molecule has 218 valence electrons. The first-order valence-electron chi connectivity index (χ1n) is 19.5. The van der Waals surface area contributed by atoms with Crippen molar-refractivity contribution in [1.29, 1.82) is 0 Å². The summed E-state index contributed by atoms with van der Waals surface area (Å²) in [5.74, 6) is 0. The molecule has 0 saturated heterocycles. The lowest BCUT2D eigenvalue weighted by Crippen LogP contribution is -1.91. The van der Waals surface area contributed by atoms with Crippen LogP contribution in [0.3, 0.4) is 0 Å². The molecule has 0 unspecified atom stereocenters. The van der Waals surface area contributed by atoms with Crippen molar-refractivity contribution in [2.45, 2.75) is 0 Å². The van der Waals surface area contributed by atoms with Crippen LogP contribution in [0.2, 0.25) is 0 Å². The van der Waals surface area contributed by atoms with Gasteiger partial charge in [-0.2, -0.15) is 0 Å². The van der Waals surface area contributed by atoms with E-state index in [0.717, 1.165) is 38.1 Å². The molecule has 0 aliphatic heterocycles. The van der Waals surface area contributed by atoms with Crippen molar-refractivity contribution in [3.05, 3.63) is 170 Å². The number of benzene rings is 9. The zero-order valence-electron chi connectivity index (χ0n) is 33.0. The minimum Gasteiger partial charge on any atom is -0.456 e. The molecule has 10 aromatic rings. The van der Waals surface area contributed by atoms with Crippen molar-refractivity contribution in [3.8, 4) is 33.4 Å². The van der Waals surface area contributed by atoms with Crippen LogP contribution < -0.4 is 0 Å². The summed E-state index contributed by atoms with van der Waals surface area (Å²) in [6.07, 6.45) is 0. The third-order valence-electron chi connectivity index (χ3n) is 9.30. The van der Waals surface area contributed by atoms with E-state index < -0.39 is 24.2 Å². The highest BCUT2D eigenvalue weighted by Crippen LogP contribution is 2.47. The Morgan fingerprint density at radius 3 is 1.68 bits per heavy atom. The monoisotopic (exact) mass is 604 g/mol. The van der Waals surface area contributed by atoms with Crippen LogP contribution in [0.5, 0.6) is 0 Å². The number of hydrogen-bond acceptors (Lipinski definition) is 1. The summed E-state index contributed by atoms with van der Waals surface area (Å²) in [6, 6.07) is 36.4. The van der Waals surface area contributed by atoms with Crippen LogP contribution in [0.25, 0.3) is 98.4 Å². The highest BCUT2D eigenvalue weighted by Gasteiger charge is 2.20. The first-order chi connectivity index (χ1) is 26.7. The fraction of sp³-hybridized carbons (Fsp3) is 0. The van der Waals surface area contributed by atoms with Crippen LogP contribution in [0.1, 0.15) is 11.0 Å². The average Bonchev–Trinajstić information content (AvgIpc) is 3.61. The number of furan rings is 1. The van der Waals surface area contributed by atoms with Gasteiger partial charge in [-0.3, -0.25) is 0 Å². The highest BCUT2D eigenvalue weighted by atomic mass is 16.3. The molecule has 0 spiro atoms. The summed E-state index contributed by atoms with van der Waals surface area (Å²) in [7, 11) is 0. The summed E-state index contributed by atoms with van der Waals surface area (Å²) in [5.41, 5.74) is 4.82. The predicted octanol–water partition coefficient (Wildman–Crippen LogP) is 13.2. The molecular formula is C46H28O. The molecule has 9 aromatic carbocycles. The molecule has 1 aromatic heterocycles. The Bertz CT molecular complexity index is 3210. The summed E-state index contributed by atoms with van der Waals surface area (Å²) >= 11 is 0. The normalized spacial score (nSPS) is 14.2. The molecule has 0 amide bonds. The lowest BCUT2D eigenvalue weighted by Gasteiger charge is -2.18. The predicted molar refractivity (Wildman–Crippen MR) is 200 cm³/mol. The zero-order valence-corrected chi connectivity index (χ0v) is 25.0. The Hall–Kier alpha value is -6.18. The minimum atomic E-state index is -0.437. The maximum absolute atomic E-state index is 9.39. The van der Waals surface area contributed by atoms with Gasteiger partial charge in [0.2, 0.25) is 0 Å². The van der Waals surface area contributed by atoms with E-state index in [9.17, 15) is 5.48 Å². The van der Waals surface area contributed by atoms with Crippen molar-refractivity contribution in [3.63, 3.8) is 0 Å². The van der Waals surface area contributed by atoms with Gasteiger partial charge in [-0.15, -0.1) is 0 Å². The Labute approximate surface area is 283 Å². The molecule has 0 aliphatic carbocycles. The molecule has 0 fully saturated rings. The van der Waals surface area contributed by atoms with Gasteiger partial charge in [0, 0.05) is 10.8 Å². The largest absolute Gasteiger partial charge is 0.456 e. The first kappa shape index (κ1) is 19.4. The van der Waals surface area contributed by atoms with Crippen LogP contribution in [0.15, 0.2) is 174 Å². The van der Waals surface area contributed by atoms with E-state index in [4.69, 9.17) is 9.90 Å². The number of fused-ring (bicyclic) bond motifs is 8. The van der Waals surface area contributed by atoms with Crippen LogP contribution in [0.4, 0.5) is 0 Å². The van der Waals surface area contributed by atoms with Gasteiger partial charge < -0.3 is 4.42 Å². The third kappa shape index (κ3) is 3.90. The van der Waals surface area contributed by atoms with Crippen LogP contribution in [-0.4, -0.2) is 0 Å². The van der Waals surface area contributed by atoms with E-state index in [-0.39, 0.29) is 45.7 Å². The zero-order chi connectivity index (χ0) is 37.9. The second kappa shape index (κ2) is 10.2. The van der Waals surface area contributed by atoms with Gasteiger partial charge >= 0.3 is 0 Å². The molecule has 0 aliphatic rings. The second-order valence-electron chi connectivity index (χ2n) is 11.8. The van der Waals surface area contributed by atoms with Gasteiger partial charge in [0.1, 0.15) is 11.2 Å². The summed E-state index contributed by atoms with van der Waals surface area (Å²) in [5, 5.41) is 6.59. The van der Waals surface area contributed by atoms with Gasteiger partial charge in [0.05, 0.1) is 11.0 Å². The van der Waals surface area contributed by atoms with Crippen LogP contribution >= 0.6 is 0 Å². The Kier molecular flexibility index (Phi) is 4.19. The first-order valence-corrected chi connectivity index (χ1v) is 15.5. The molecule has 0 N–H and O–H groups in total. The molecule has 0 bridgehead atoms. The van der Waals surface area contributed by atoms with Crippen molar-refractivity contribution < 1.29 is 15.4 Å². The maximum atomic E-state index is 9.39. The summed E-state index contributed by atoms with van der Waals surface area (Å²) in [6.45, 7) is 0. The van der Waals surface area contributed by atoms with Crippen molar-refractivity contribution in [2.24, 2.45) is 0 Å². The number of para-hydroxylation sites is 1. The number of hydrogen-bond donors (Lipinski definition) is 0.